The molecule has 2 heterocycles. The monoisotopic (exact) mass is 353 g/mol. The SMILES string of the molecule is Cc1nc([C@H]2CCCN2C(=O)Nc2ccccc2OC(F)F)cs1. The van der Waals surface area contributed by atoms with E-state index >= 15 is 0 Å². The molecule has 2 amide bonds. The number of carbonyl (C=O) groups is 1. The van der Waals surface area contributed by atoms with Crippen molar-refractivity contribution in [1.29, 1.82) is 0 Å². The highest BCUT2D eigenvalue weighted by atomic mass is 32.1. The molecule has 1 aliphatic rings. The van der Waals surface area contributed by atoms with Gasteiger partial charge in [0.05, 0.1) is 22.4 Å². The van der Waals surface area contributed by atoms with E-state index in [-0.39, 0.29) is 23.5 Å². The minimum absolute atomic E-state index is 0.0545. The molecule has 0 bridgehead atoms. The van der Waals surface area contributed by atoms with Crippen LogP contribution in [-0.4, -0.2) is 29.1 Å². The molecular weight excluding hydrogens is 336 g/mol. The Bertz CT molecular complexity index is 723. The van der Waals surface area contributed by atoms with Crippen molar-refractivity contribution >= 4 is 23.1 Å². The Morgan fingerprint density at radius 2 is 2.25 bits per heavy atom. The Morgan fingerprint density at radius 3 is 2.96 bits per heavy atom. The molecule has 5 nitrogen and oxygen atoms in total. The van der Waals surface area contributed by atoms with Gasteiger partial charge in [-0.1, -0.05) is 12.1 Å². The topological polar surface area (TPSA) is 54.5 Å². The number of para-hydroxylation sites is 2. The number of alkyl halides is 2. The van der Waals surface area contributed by atoms with Gasteiger partial charge in [0, 0.05) is 11.9 Å². The molecule has 0 saturated carbocycles. The molecule has 1 atom stereocenters. The fourth-order valence-corrected chi connectivity index (χ4v) is 3.47. The van der Waals surface area contributed by atoms with E-state index in [0.717, 1.165) is 23.5 Å². The molecule has 0 radical (unpaired) electrons. The van der Waals surface area contributed by atoms with Crippen molar-refractivity contribution < 1.29 is 18.3 Å². The third kappa shape index (κ3) is 3.64. The molecule has 128 valence electrons. The summed E-state index contributed by atoms with van der Waals surface area (Å²) in [5.41, 5.74) is 1.10. The zero-order chi connectivity index (χ0) is 17.1. The molecule has 24 heavy (non-hydrogen) atoms. The summed E-state index contributed by atoms with van der Waals surface area (Å²) >= 11 is 1.55. The molecule has 0 spiro atoms. The second kappa shape index (κ2) is 7.12. The van der Waals surface area contributed by atoms with Gasteiger partial charge in [0.2, 0.25) is 0 Å². The van der Waals surface area contributed by atoms with Crippen molar-refractivity contribution in [2.75, 3.05) is 11.9 Å². The predicted molar refractivity (Wildman–Crippen MR) is 87.6 cm³/mol. The second-order valence-electron chi connectivity index (χ2n) is 5.45. The molecule has 0 unspecified atom stereocenters. The van der Waals surface area contributed by atoms with Crippen LogP contribution in [0, 0.1) is 6.92 Å². The maximum Gasteiger partial charge on any atom is 0.387 e. The maximum atomic E-state index is 12.6. The number of nitrogens with one attached hydrogen (secondary N) is 1. The lowest BCUT2D eigenvalue weighted by Crippen LogP contribution is -2.34. The van der Waals surface area contributed by atoms with Gasteiger partial charge in [-0.3, -0.25) is 0 Å². The van der Waals surface area contributed by atoms with E-state index in [1.165, 1.54) is 12.1 Å². The summed E-state index contributed by atoms with van der Waals surface area (Å²) in [7, 11) is 0. The number of anilines is 1. The van der Waals surface area contributed by atoms with Gasteiger partial charge in [-0.25, -0.2) is 9.78 Å². The Labute approximate surface area is 142 Å². The average molecular weight is 353 g/mol. The van der Waals surface area contributed by atoms with Crippen LogP contribution in [0.4, 0.5) is 19.3 Å². The summed E-state index contributed by atoms with van der Waals surface area (Å²) in [4.78, 5) is 18.7. The lowest BCUT2D eigenvalue weighted by Gasteiger charge is -2.24. The van der Waals surface area contributed by atoms with Crippen LogP contribution in [0.3, 0.4) is 0 Å². The van der Waals surface area contributed by atoms with Crippen molar-refractivity contribution in [3.8, 4) is 5.75 Å². The number of rotatable bonds is 4. The largest absolute Gasteiger partial charge is 0.433 e. The van der Waals surface area contributed by atoms with Crippen LogP contribution in [0.5, 0.6) is 5.75 Å². The lowest BCUT2D eigenvalue weighted by molar-refractivity contribution is -0.0493. The van der Waals surface area contributed by atoms with Crippen LogP contribution in [0.25, 0.3) is 0 Å². The zero-order valence-electron chi connectivity index (χ0n) is 13.0. The van der Waals surface area contributed by atoms with Crippen LogP contribution >= 0.6 is 11.3 Å². The number of urea groups is 1. The van der Waals surface area contributed by atoms with Crippen molar-refractivity contribution in [3.05, 3.63) is 40.3 Å². The molecular formula is C16H17F2N3O2S. The van der Waals surface area contributed by atoms with Gasteiger partial charge in [-0.05, 0) is 31.9 Å². The van der Waals surface area contributed by atoms with Gasteiger partial charge in [0.15, 0.2) is 0 Å². The molecule has 1 N–H and O–H groups in total. The quantitative estimate of drug-likeness (QED) is 0.885. The number of aryl methyl sites for hydroxylation is 1. The third-order valence-corrected chi connectivity index (χ3v) is 4.63. The van der Waals surface area contributed by atoms with E-state index in [1.54, 1.807) is 28.4 Å². The highest BCUT2D eigenvalue weighted by Gasteiger charge is 2.32. The van der Waals surface area contributed by atoms with Crippen molar-refractivity contribution in [3.63, 3.8) is 0 Å². The van der Waals surface area contributed by atoms with Crippen LogP contribution in [0.1, 0.15) is 29.6 Å². The van der Waals surface area contributed by atoms with Crippen LogP contribution in [0.2, 0.25) is 0 Å². The zero-order valence-corrected chi connectivity index (χ0v) is 13.9. The summed E-state index contributed by atoms with van der Waals surface area (Å²) in [5.74, 6) is -0.0545. The number of carbonyl (C=O) groups excluding carboxylic acids is 1. The van der Waals surface area contributed by atoms with Gasteiger partial charge in [0.1, 0.15) is 5.75 Å². The number of halogens is 2. The Balaban J connectivity index is 1.75. The molecule has 3 rings (SSSR count). The number of amides is 2. The second-order valence-corrected chi connectivity index (χ2v) is 6.51. The van der Waals surface area contributed by atoms with Gasteiger partial charge >= 0.3 is 12.6 Å². The van der Waals surface area contributed by atoms with Crippen LogP contribution in [-0.2, 0) is 0 Å². The van der Waals surface area contributed by atoms with Crippen LogP contribution in [0.15, 0.2) is 29.6 Å². The number of thiazole rings is 1. The van der Waals surface area contributed by atoms with E-state index in [1.807, 2.05) is 12.3 Å². The minimum Gasteiger partial charge on any atom is -0.433 e. The Morgan fingerprint density at radius 1 is 1.46 bits per heavy atom. The highest BCUT2D eigenvalue weighted by molar-refractivity contribution is 7.09. The molecule has 1 saturated heterocycles. The number of hydrogen-bond acceptors (Lipinski definition) is 4. The van der Waals surface area contributed by atoms with Crippen molar-refractivity contribution in [2.24, 2.45) is 0 Å². The number of benzene rings is 1. The van der Waals surface area contributed by atoms with Gasteiger partial charge in [-0.2, -0.15) is 8.78 Å². The summed E-state index contributed by atoms with van der Waals surface area (Å²) in [5, 5.41) is 5.58. The molecule has 8 heteroatoms. The first-order valence-electron chi connectivity index (χ1n) is 7.58. The standard InChI is InChI=1S/C16H17F2N3O2S/c1-10-19-12(9-24-10)13-6-4-8-21(13)16(22)20-11-5-2-3-7-14(11)23-15(17)18/h2-3,5,7,9,13,15H,4,6,8H2,1H3,(H,20,22)/t13-/m1/s1. The van der Waals surface area contributed by atoms with Crippen LogP contribution < -0.4 is 10.1 Å². The van der Waals surface area contributed by atoms with E-state index in [2.05, 4.69) is 15.0 Å². The first kappa shape index (κ1) is 16.6. The number of aromatic nitrogens is 1. The van der Waals surface area contributed by atoms with E-state index in [0.29, 0.717) is 6.54 Å². The third-order valence-electron chi connectivity index (χ3n) is 3.84. The van der Waals surface area contributed by atoms with E-state index in [9.17, 15) is 13.6 Å². The number of hydrogen-bond donors (Lipinski definition) is 1. The minimum atomic E-state index is -2.94. The highest BCUT2D eigenvalue weighted by Crippen LogP contribution is 2.34. The molecule has 1 aromatic carbocycles. The average Bonchev–Trinajstić information content (AvgIpc) is 3.17. The molecule has 1 aromatic heterocycles. The smallest absolute Gasteiger partial charge is 0.387 e. The number of nitrogens with zero attached hydrogens (tertiary/aromatic N) is 2. The molecule has 0 aliphatic carbocycles. The summed E-state index contributed by atoms with van der Waals surface area (Å²) in [6, 6.07) is 5.73. The molecule has 1 fully saturated rings. The molecule has 2 aromatic rings. The molecule has 1 aliphatic heterocycles. The summed E-state index contributed by atoms with van der Waals surface area (Å²) in [6.07, 6.45) is 1.72. The normalized spacial score (nSPS) is 17.3. The Hall–Kier alpha value is -2.22. The van der Waals surface area contributed by atoms with Gasteiger partial charge in [-0.15, -0.1) is 11.3 Å². The lowest BCUT2D eigenvalue weighted by atomic mass is 10.2. The predicted octanol–water partition coefficient (Wildman–Crippen LogP) is 4.42. The summed E-state index contributed by atoms with van der Waals surface area (Å²) in [6.45, 7) is -0.420. The van der Waals surface area contributed by atoms with Gasteiger partial charge in [0.25, 0.3) is 0 Å². The van der Waals surface area contributed by atoms with Gasteiger partial charge < -0.3 is 15.0 Å². The maximum absolute atomic E-state index is 12.6. The fraction of sp³-hybridized carbons (Fsp3) is 0.375. The van der Waals surface area contributed by atoms with E-state index < -0.39 is 6.61 Å². The first-order chi connectivity index (χ1) is 11.5. The van der Waals surface area contributed by atoms with Crippen molar-refractivity contribution in [2.45, 2.75) is 32.4 Å². The van der Waals surface area contributed by atoms with Crippen molar-refractivity contribution in [1.82, 2.24) is 9.88 Å². The number of ether oxygens (including phenoxy) is 1. The number of likely N-dealkylation sites (tertiary alicyclic amines) is 1. The summed E-state index contributed by atoms with van der Waals surface area (Å²) < 4.78 is 29.4. The first-order valence-corrected chi connectivity index (χ1v) is 8.46. The van der Waals surface area contributed by atoms with E-state index in [4.69, 9.17) is 0 Å². The Kier molecular flexibility index (Phi) is 4.94. The fourth-order valence-electron chi connectivity index (χ4n) is 2.81.